The minimum Gasteiger partial charge on any atom is -0.489 e. The number of ether oxygens (including phenoxy) is 1. The number of furan rings is 1. The van der Waals surface area contributed by atoms with Crippen LogP contribution in [0.25, 0.3) is 0 Å². The first-order valence-electron chi connectivity index (χ1n) is 9.51. The van der Waals surface area contributed by atoms with Crippen molar-refractivity contribution in [3.63, 3.8) is 0 Å². The van der Waals surface area contributed by atoms with Gasteiger partial charge in [-0.2, -0.15) is 0 Å². The molecule has 5 heteroatoms. The van der Waals surface area contributed by atoms with Crippen LogP contribution >= 0.6 is 0 Å². The zero-order valence-electron chi connectivity index (χ0n) is 15.5. The molecule has 0 saturated carbocycles. The van der Waals surface area contributed by atoms with Gasteiger partial charge in [-0.3, -0.25) is 9.69 Å². The lowest BCUT2D eigenvalue weighted by Crippen LogP contribution is -2.39. The Hall–Kier alpha value is -3.05. The third-order valence-electron chi connectivity index (χ3n) is 5.15. The van der Waals surface area contributed by atoms with Crippen LogP contribution in [0.5, 0.6) is 5.75 Å². The molecule has 2 heterocycles. The molecule has 1 saturated heterocycles. The Bertz CT molecular complexity index is 907. The molecule has 0 spiro atoms. The van der Waals surface area contributed by atoms with Crippen LogP contribution < -0.4 is 4.74 Å². The summed E-state index contributed by atoms with van der Waals surface area (Å²) in [7, 11) is 0. The number of carboxylic acids is 1. The molecule has 1 fully saturated rings. The Morgan fingerprint density at radius 3 is 2.75 bits per heavy atom. The Morgan fingerprint density at radius 2 is 2.00 bits per heavy atom. The normalized spacial score (nSPS) is 18.1. The topological polar surface area (TPSA) is 62.9 Å². The van der Waals surface area contributed by atoms with Crippen LogP contribution in [0.3, 0.4) is 0 Å². The molecular weight excluding hydrogens is 354 g/mol. The summed E-state index contributed by atoms with van der Waals surface area (Å²) in [6.07, 6.45) is 3.14. The highest BCUT2D eigenvalue weighted by molar-refractivity contribution is 5.74. The molecule has 2 aromatic carbocycles. The van der Waals surface area contributed by atoms with E-state index in [1.54, 1.807) is 6.26 Å². The fourth-order valence-electron chi connectivity index (χ4n) is 3.84. The Kier molecular flexibility index (Phi) is 5.44. The maximum absolute atomic E-state index is 11.7. The van der Waals surface area contributed by atoms with Crippen molar-refractivity contribution in [3.8, 4) is 5.75 Å². The number of hydrogen-bond acceptors (Lipinski definition) is 4. The first-order valence-corrected chi connectivity index (χ1v) is 9.51. The summed E-state index contributed by atoms with van der Waals surface area (Å²) in [5.41, 5.74) is 2.06. The Balaban J connectivity index is 1.61. The molecule has 28 heavy (non-hydrogen) atoms. The quantitative estimate of drug-likeness (QED) is 0.657. The monoisotopic (exact) mass is 377 g/mol. The van der Waals surface area contributed by atoms with Gasteiger partial charge in [0.1, 0.15) is 24.2 Å². The Morgan fingerprint density at radius 1 is 1.14 bits per heavy atom. The van der Waals surface area contributed by atoms with Crippen LogP contribution in [-0.4, -0.2) is 28.6 Å². The molecule has 0 aliphatic carbocycles. The zero-order valence-corrected chi connectivity index (χ0v) is 15.5. The van der Waals surface area contributed by atoms with Crippen molar-refractivity contribution in [2.24, 2.45) is 0 Å². The molecule has 144 valence electrons. The molecular formula is C23H23NO4. The number of carboxylic acid groups (broad SMARTS) is 1. The molecule has 3 aromatic rings. The third-order valence-corrected chi connectivity index (χ3v) is 5.15. The summed E-state index contributed by atoms with van der Waals surface area (Å²) >= 11 is 0. The van der Waals surface area contributed by atoms with E-state index in [9.17, 15) is 9.90 Å². The van der Waals surface area contributed by atoms with Crippen molar-refractivity contribution in [2.75, 3.05) is 6.54 Å². The van der Waals surface area contributed by atoms with E-state index < -0.39 is 12.0 Å². The molecule has 0 bridgehead atoms. The minimum absolute atomic E-state index is 0.251. The van der Waals surface area contributed by atoms with Crippen LogP contribution in [0.4, 0.5) is 0 Å². The highest BCUT2D eigenvalue weighted by atomic mass is 16.5. The lowest BCUT2D eigenvalue weighted by Gasteiger charge is -2.30. The summed E-state index contributed by atoms with van der Waals surface area (Å²) in [6.45, 7) is 1.20. The number of hydrogen-bond donors (Lipinski definition) is 1. The van der Waals surface area contributed by atoms with Crippen LogP contribution in [-0.2, 0) is 11.4 Å². The second kappa shape index (κ2) is 8.31. The van der Waals surface area contributed by atoms with Crippen LogP contribution in [0.1, 0.15) is 35.8 Å². The zero-order chi connectivity index (χ0) is 19.3. The average molecular weight is 377 g/mol. The van der Waals surface area contributed by atoms with E-state index in [1.165, 1.54) is 0 Å². The molecule has 2 atom stereocenters. The van der Waals surface area contributed by atoms with Crippen molar-refractivity contribution < 1.29 is 19.1 Å². The molecule has 2 unspecified atom stereocenters. The summed E-state index contributed by atoms with van der Waals surface area (Å²) in [6, 6.07) is 20.8. The van der Waals surface area contributed by atoms with Gasteiger partial charge in [-0.1, -0.05) is 42.5 Å². The molecule has 4 rings (SSSR count). The predicted octanol–water partition coefficient (Wildman–Crippen LogP) is 4.50. The molecule has 1 aliphatic heterocycles. The number of aliphatic carboxylic acids is 1. The van der Waals surface area contributed by atoms with Crippen molar-refractivity contribution in [3.05, 3.63) is 89.9 Å². The van der Waals surface area contributed by atoms with Gasteiger partial charge >= 0.3 is 5.97 Å². The highest BCUT2D eigenvalue weighted by Crippen LogP contribution is 2.36. The van der Waals surface area contributed by atoms with Gasteiger partial charge in [0, 0.05) is 6.54 Å². The smallest absolute Gasteiger partial charge is 0.320 e. The number of rotatable bonds is 7. The number of benzene rings is 2. The van der Waals surface area contributed by atoms with Crippen LogP contribution in [0, 0.1) is 0 Å². The van der Waals surface area contributed by atoms with Crippen LogP contribution in [0.15, 0.2) is 77.4 Å². The second-order valence-electron chi connectivity index (χ2n) is 7.00. The van der Waals surface area contributed by atoms with Gasteiger partial charge in [0.15, 0.2) is 0 Å². The second-order valence-corrected chi connectivity index (χ2v) is 7.00. The molecule has 5 nitrogen and oxygen atoms in total. The van der Waals surface area contributed by atoms with E-state index in [0.29, 0.717) is 13.0 Å². The van der Waals surface area contributed by atoms with Crippen molar-refractivity contribution >= 4 is 5.97 Å². The fraction of sp³-hybridized carbons (Fsp3) is 0.261. The molecule has 1 aromatic heterocycles. The van der Waals surface area contributed by atoms with Gasteiger partial charge < -0.3 is 14.3 Å². The maximum Gasteiger partial charge on any atom is 0.320 e. The number of nitrogens with zero attached hydrogens (tertiary/aromatic N) is 1. The van der Waals surface area contributed by atoms with E-state index in [0.717, 1.165) is 35.6 Å². The van der Waals surface area contributed by atoms with E-state index in [1.807, 2.05) is 71.6 Å². The van der Waals surface area contributed by atoms with E-state index in [2.05, 4.69) is 0 Å². The van der Waals surface area contributed by atoms with Gasteiger partial charge in [0.2, 0.25) is 0 Å². The lowest BCUT2D eigenvalue weighted by atomic mass is 10.0. The van der Waals surface area contributed by atoms with E-state index in [-0.39, 0.29) is 6.04 Å². The lowest BCUT2D eigenvalue weighted by molar-refractivity contribution is -0.142. The van der Waals surface area contributed by atoms with Gasteiger partial charge in [0.25, 0.3) is 0 Å². The largest absolute Gasteiger partial charge is 0.489 e. The van der Waals surface area contributed by atoms with E-state index >= 15 is 0 Å². The number of likely N-dealkylation sites (tertiary alicyclic amines) is 1. The standard InChI is InChI=1S/C23H23NO4/c25-23(26)20-11-5-13-24(20)22(21-12-6-14-27-21)18-9-4-10-19(15-18)28-16-17-7-2-1-3-8-17/h1-4,6-10,12,14-15,20,22H,5,11,13,16H2,(H,25,26). The molecule has 0 amide bonds. The number of carbonyl (C=O) groups is 1. The van der Waals surface area contributed by atoms with Gasteiger partial charge in [0.05, 0.1) is 12.3 Å². The Labute approximate surface area is 164 Å². The molecule has 1 aliphatic rings. The first kappa shape index (κ1) is 18.3. The van der Waals surface area contributed by atoms with E-state index in [4.69, 9.17) is 9.15 Å². The minimum atomic E-state index is -0.787. The highest BCUT2D eigenvalue weighted by Gasteiger charge is 2.38. The molecule has 1 N–H and O–H groups in total. The summed E-state index contributed by atoms with van der Waals surface area (Å²) < 4.78 is 11.7. The van der Waals surface area contributed by atoms with Crippen molar-refractivity contribution in [2.45, 2.75) is 31.5 Å². The van der Waals surface area contributed by atoms with Crippen molar-refractivity contribution in [1.29, 1.82) is 0 Å². The summed E-state index contributed by atoms with van der Waals surface area (Å²) in [5.74, 6) is 0.711. The third kappa shape index (κ3) is 3.94. The van der Waals surface area contributed by atoms with Gasteiger partial charge in [-0.05, 0) is 48.2 Å². The van der Waals surface area contributed by atoms with Crippen LogP contribution in [0.2, 0.25) is 0 Å². The first-order chi connectivity index (χ1) is 13.7. The van der Waals surface area contributed by atoms with Gasteiger partial charge in [-0.15, -0.1) is 0 Å². The average Bonchev–Trinajstić information content (AvgIpc) is 3.41. The summed E-state index contributed by atoms with van der Waals surface area (Å²) in [5, 5.41) is 9.64. The summed E-state index contributed by atoms with van der Waals surface area (Å²) in [4.78, 5) is 13.8. The van der Waals surface area contributed by atoms with Gasteiger partial charge in [-0.25, -0.2) is 0 Å². The fourth-order valence-corrected chi connectivity index (χ4v) is 3.84. The van der Waals surface area contributed by atoms with Crippen molar-refractivity contribution in [1.82, 2.24) is 4.90 Å². The SMILES string of the molecule is O=C(O)C1CCCN1C(c1cccc(OCc2ccccc2)c1)c1ccco1. The predicted molar refractivity (Wildman–Crippen MR) is 105 cm³/mol. The molecule has 0 radical (unpaired) electrons. The maximum atomic E-state index is 11.7.